The van der Waals surface area contributed by atoms with Crippen molar-refractivity contribution in [2.24, 2.45) is 0 Å². The molecule has 110 valence electrons. The second kappa shape index (κ2) is 7.46. The first-order chi connectivity index (χ1) is 7.83. The third kappa shape index (κ3) is 6.63. The third-order valence-electron chi connectivity index (χ3n) is 1.87. The molecule has 0 aromatic carbocycles. The SMILES string of the molecule is CCCC(OS(=O)(=O)[O-])C(F)C(F)(F)C(F)(F)F.[Na+]. The minimum Gasteiger partial charge on any atom is -0.726 e. The summed E-state index contributed by atoms with van der Waals surface area (Å²) in [5.41, 5.74) is 0. The van der Waals surface area contributed by atoms with Gasteiger partial charge in [-0.25, -0.2) is 12.8 Å². The second-order valence-electron chi connectivity index (χ2n) is 3.35. The van der Waals surface area contributed by atoms with Gasteiger partial charge in [-0.2, -0.15) is 22.0 Å². The fourth-order valence-corrected chi connectivity index (χ4v) is 1.57. The van der Waals surface area contributed by atoms with Crippen LogP contribution in [0, 0.1) is 0 Å². The number of hydrogen-bond acceptors (Lipinski definition) is 4. The molecule has 4 nitrogen and oxygen atoms in total. The Kier molecular flexibility index (Phi) is 8.53. The van der Waals surface area contributed by atoms with Gasteiger partial charge in [-0.05, 0) is 6.42 Å². The molecule has 0 amide bonds. The molecule has 0 aliphatic carbocycles. The quantitative estimate of drug-likeness (QED) is 0.277. The summed E-state index contributed by atoms with van der Waals surface area (Å²) >= 11 is 0. The van der Waals surface area contributed by atoms with Crippen LogP contribution in [0.2, 0.25) is 0 Å². The maximum Gasteiger partial charge on any atom is 1.00 e. The van der Waals surface area contributed by atoms with Crippen molar-refractivity contribution >= 4 is 10.4 Å². The normalized spacial score (nSPS) is 16.6. The molecule has 12 heteroatoms. The average molecular weight is 326 g/mol. The van der Waals surface area contributed by atoms with Crippen LogP contribution in [-0.4, -0.2) is 37.3 Å². The van der Waals surface area contributed by atoms with Crippen molar-refractivity contribution < 1.29 is 73.1 Å². The Bertz CT molecular complexity index is 370. The molecule has 0 saturated heterocycles. The topological polar surface area (TPSA) is 66.4 Å². The molecule has 0 fully saturated rings. The summed E-state index contributed by atoms with van der Waals surface area (Å²) in [6.45, 7) is 1.26. The van der Waals surface area contributed by atoms with E-state index in [9.17, 15) is 39.3 Å². The van der Waals surface area contributed by atoms with Crippen LogP contribution >= 0.6 is 0 Å². The zero-order valence-corrected chi connectivity index (χ0v) is 12.7. The van der Waals surface area contributed by atoms with E-state index >= 15 is 0 Å². The monoisotopic (exact) mass is 326 g/mol. The van der Waals surface area contributed by atoms with Crippen LogP contribution in [0.5, 0.6) is 0 Å². The number of hydrogen-bond donors (Lipinski definition) is 0. The first-order valence-corrected chi connectivity index (χ1v) is 5.89. The Hall–Kier alpha value is 0.450. The van der Waals surface area contributed by atoms with Crippen LogP contribution in [0.25, 0.3) is 0 Å². The first-order valence-electron chi connectivity index (χ1n) is 4.55. The number of rotatable bonds is 6. The molecule has 0 aliphatic rings. The second-order valence-corrected chi connectivity index (χ2v) is 4.36. The van der Waals surface area contributed by atoms with Gasteiger partial charge in [0, 0.05) is 0 Å². The van der Waals surface area contributed by atoms with Crippen LogP contribution in [0.15, 0.2) is 0 Å². The molecular formula is C7H9F6NaO4S. The minimum absolute atomic E-state index is 0. The Balaban J connectivity index is 0. The van der Waals surface area contributed by atoms with E-state index in [1.807, 2.05) is 0 Å². The fraction of sp³-hybridized carbons (Fsp3) is 1.00. The molecule has 0 aliphatic heterocycles. The van der Waals surface area contributed by atoms with E-state index in [0.29, 0.717) is 0 Å². The first kappa shape index (κ1) is 21.7. The van der Waals surface area contributed by atoms with Crippen LogP contribution in [0.3, 0.4) is 0 Å². The van der Waals surface area contributed by atoms with Crippen LogP contribution in [-0.2, 0) is 14.6 Å². The number of alkyl halides is 6. The zero-order chi connectivity index (χ0) is 14.8. The van der Waals surface area contributed by atoms with E-state index < -0.39 is 41.2 Å². The van der Waals surface area contributed by atoms with Gasteiger partial charge in [0.25, 0.3) is 0 Å². The molecule has 0 N–H and O–H groups in total. The van der Waals surface area contributed by atoms with Crippen LogP contribution in [0.1, 0.15) is 19.8 Å². The molecule has 0 heterocycles. The van der Waals surface area contributed by atoms with E-state index in [2.05, 4.69) is 4.18 Å². The van der Waals surface area contributed by atoms with Gasteiger partial charge in [-0.15, -0.1) is 0 Å². The Labute approximate surface area is 127 Å². The summed E-state index contributed by atoms with van der Waals surface area (Å²) in [7, 11) is -5.59. The molecule has 0 spiro atoms. The molecular weight excluding hydrogens is 317 g/mol. The Morgan fingerprint density at radius 3 is 1.89 bits per heavy atom. The van der Waals surface area contributed by atoms with Gasteiger partial charge < -0.3 is 4.55 Å². The fourth-order valence-electron chi connectivity index (χ4n) is 1.07. The van der Waals surface area contributed by atoms with Crippen molar-refractivity contribution in [3.8, 4) is 0 Å². The van der Waals surface area contributed by atoms with Gasteiger partial charge in [0.05, 0.1) is 0 Å². The molecule has 0 aromatic rings. The van der Waals surface area contributed by atoms with Gasteiger partial charge in [0.2, 0.25) is 16.6 Å². The molecule has 0 saturated carbocycles. The van der Waals surface area contributed by atoms with Crippen molar-refractivity contribution in [1.82, 2.24) is 0 Å². The predicted octanol–water partition coefficient (Wildman–Crippen LogP) is -0.828. The van der Waals surface area contributed by atoms with Crippen molar-refractivity contribution in [1.29, 1.82) is 0 Å². The smallest absolute Gasteiger partial charge is 0.726 e. The van der Waals surface area contributed by atoms with Crippen molar-refractivity contribution in [2.45, 2.75) is 44.1 Å². The van der Waals surface area contributed by atoms with E-state index in [1.54, 1.807) is 0 Å². The maximum atomic E-state index is 13.1. The van der Waals surface area contributed by atoms with E-state index in [4.69, 9.17) is 0 Å². The molecule has 2 unspecified atom stereocenters. The summed E-state index contributed by atoms with van der Waals surface area (Å²) in [6.07, 6.45) is -13.8. The summed E-state index contributed by atoms with van der Waals surface area (Å²) in [5, 5.41) is 0. The molecule has 2 atom stereocenters. The van der Waals surface area contributed by atoms with Gasteiger partial charge in [0.15, 0.2) is 0 Å². The van der Waals surface area contributed by atoms with Gasteiger partial charge >= 0.3 is 41.7 Å². The van der Waals surface area contributed by atoms with E-state index in [0.717, 1.165) is 0 Å². The third-order valence-corrected chi connectivity index (χ3v) is 2.35. The van der Waals surface area contributed by atoms with Crippen LogP contribution < -0.4 is 29.6 Å². The van der Waals surface area contributed by atoms with Gasteiger partial charge in [-0.1, -0.05) is 13.3 Å². The molecule has 19 heavy (non-hydrogen) atoms. The molecule has 0 aromatic heterocycles. The summed E-state index contributed by atoms with van der Waals surface area (Å²) in [5.74, 6) is -5.81. The van der Waals surface area contributed by atoms with Crippen LogP contribution in [0.4, 0.5) is 26.3 Å². The summed E-state index contributed by atoms with van der Waals surface area (Å²) in [4.78, 5) is 0. The van der Waals surface area contributed by atoms with E-state index in [-0.39, 0.29) is 36.0 Å². The van der Waals surface area contributed by atoms with Crippen molar-refractivity contribution in [3.05, 3.63) is 0 Å². The van der Waals surface area contributed by atoms with Crippen molar-refractivity contribution in [3.63, 3.8) is 0 Å². The van der Waals surface area contributed by atoms with Gasteiger partial charge in [0.1, 0.15) is 6.10 Å². The maximum absolute atomic E-state index is 13.1. The van der Waals surface area contributed by atoms with Crippen molar-refractivity contribution in [2.75, 3.05) is 0 Å². The minimum atomic E-state index is -6.21. The number of halogens is 6. The molecule has 0 bridgehead atoms. The zero-order valence-electron chi connectivity index (χ0n) is 9.88. The predicted molar refractivity (Wildman–Crippen MR) is 45.4 cm³/mol. The molecule has 0 rings (SSSR count). The largest absolute Gasteiger partial charge is 1.00 e. The molecule has 0 radical (unpaired) electrons. The Morgan fingerprint density at radius 2 is 1.63 bits per heavy atom. The summed E-state index contributed by atoms with van der Waals surface area (Å²) < 4.78 is 108. The van der Waals surface area contributed by atoms with E-state index in [1.165, 1.54) is 6.92 Å². The standard InChI is InChI=1S/C7H10F6O4S.Na/c1-2-3-4(17-18(14,15)16)5(8)6(9,10)7(11,12)13;/h4-5H,2-3H2,1H3,(H,14,15,16);/q;+1/p-1. The average Bonchev–Trinajstić information content (AvgIpc) is 2.12. The van der Waals surface area contributed by atoms with Gasteiger partial charge in [-0.3, -0.25) is 4.18 Å². The Morgan fingerprint density at radius 1 is 1.21 bits per heavy atom. The summed E-state index contributed by atoms with van der Waals surface area (Å²) in [6, 6.07) is 0.